The minimum absolute atomic E-state index is 0.235. The number of carbonyl (C=O) groups excluding carboxylic acids is 1. The molecule has 0 unspecified atom stereocenters. The number of hydrogen-bond acceptors (Lipinski definition) is 4. The average Bonchev–Trinajstić information content (AvgIpc) is 2.86. The highest BCUT2D eigenvalue weighted by molar-refractivity contribution is 7.17. The van der Waals surface area contributed by atoms with E-state index in [2.05, 4.69) is 10.3 Å². The Balaban J connectivity index is 2.25. The van der Waals surface area contributed by atoms with Gasteiger partial charge in [0.1, 0.15) is 21.7 Å². The number of benzene rings is 1. The first-order valence-corrected chi connectivity index (χ1v) is 7.88. The van der Waals surface area contributed by atoms with E-state index in [4.69, 9.17) is 5.11 Å². The molecule has 122 valence electrons. The van der Waals surface area contributed by atoms with Crippen molar-refractivity contribution >= 4 is 23.2 Å². The van der Waals surface area contributed by atoms with Crippen LogP contribution in [0.5, 0.6) is 0 Å². The monoisotopic (exact) mass is 336 g/mol. The van der Waals surface area contributed by atoms with Crippen molar-refractivity contribution in [1.82, 2.24) is 10.3 Å². The van der Waals surface area contributed by atoms with E-state index in [1.165, 1.54) is 12.1 Å². The van der Waals surface area contributed by atoms with Crippen molar-refractivity contribution in [2.45, 2.75) is 26.8 Å². The lowest BCUT2D eigenvalue weighted by Gasteiger charge is -2.17. The van der Waals surface area contributed by atoms with Gasteiger partial charge in [0.2, 0.25) is 0 Å². The Hall–Kier alpha value is -2.28. The van der Waals surface area contributed by atoms with Gasteiger partial charge in [-0.25, -0.2) is 14.2 Å². The highest BCUT2D eigenvalue weighted by Crippen LogP contribution is 2.28. The summed E-state index contributed by atoms with van der Waals surface area (Å²) in [4.78, 5) is 28.2. The molecule has 0 aliphatic carbocycles. The molecule has 0 bridgehead atoms. The van der Waals surface area contributed by atoms with Crippen LogP contribution in [0.1, 0.15) is 29.2 Å². The topological polar surface area (TPSA) is 79.3 Å². The van der Waals surface area contributed by atoms with Gasteiger partial charge in [-0.2, -0.15) is 0 Å². The molecule has 0 saturated heterocycles. The summed E-state index contributed by atoms with van der Waals surface area (Å²) in [5.74, 6) is -2.12. The molecular weight excluding hydrogens is 319 g/mol. The lowest BCUT2D eigenvalue weighted by Crippen LogP contribution is -2.44. The first-order valence-electron chi connectivity index (χ1n) is 7.06. The fourth-order valence-electron chi connectivity index (χ4n) is 2.04. The minimum atomic E-state index is -1.07. The maximum absolute atomic E-state index is 13.0. The third-order valence-electron chi connectivity index (χ3n) is 3.31. The van der Waals surface area contributed by atoms with Gasteiger partial charge in [-0.15, -0.1) is 11.3 Å². The normalized spacial score (nSPS) is 12.2. The third kappa shape index (κ3) is 3.92. The summed E-state index contributed by atoms with van der Waals surface area (Å²) in [6, 6.07) is 4.86. The number of nitrogens with zero attached hydrogens (tertiary/aromatic N) is 1. The zero-order valence-electron chi connectivity index (χ0n) is 13.0. The van der Waals surface area contributed by atoms with Gasteiger partial charge in [0.05, 0.1) is 5.69 Å². The lowest BCUT2D eigenvalue weighted by molar-refractivity contribution is -0.140. The van der Waals surface area contributed by atoms with Crippen molar-refractivity contribution < 1.29 is 19.1 Å². The van der Waals surface area contributed by atoms with Gasteiger partial charge in [0, 0.05) is 5.56 Å². The Kier molecular flexibility index (Phi) is 5.10. The highest BCUT2D eigenvalue weighted by atomic mass is 32.1. The van der Waals surface area contributed by atoms with Crippen molar-refractivity contribution in [3.63, 3.8) is 0 Å². The number of halogens is 1. The molecule has 0 aliphatic rings. The van der Waals surface area contributed by atoms with Crippen LogP contribution < -0.4 is 5.32 Å². The Morgan fingerprint density at radius 3 is 2.39 bits per heavy atom. The van der Waals surface area contributed by atoms with Crippen LogP contribution in [0.2, 0.25) is 0 Å². The third-order valence-corrected chi connectivity index (χ3v) is 4.52. The minimum Gasteiger partial charge on any atom is -0.480 e. The Morgan fingerprint density at radius 1 is 1.26 bits per heavy atom. The summed E-state index contributed by atoms with van der Waals surface area (Å²) in [5.41, 5.74) is 1.22. The maximum atomic E-state index is 13.0. The molecule has 7 heteroatoms. The van der Waals surface area contributed by atoms with Crippen LogP contribution >= 0.6 is 11.3 Å². The number of nitrogens with one attached hydrogen (secondary N) is 1. The van der Waals surface area contributed by atoms with Gasteiger partial charge in [-0.3, -0.25) is 4.79 Å². The zero-order chi connectivity index (χ0) is 17.1. The number of aryl methyl sites for hydroxylation is 1. The molecule has 23 heavy (non-hydrogen) atoms. The van der Waals surface area contributed by atoms with Crippen molar-refractivity contribution in [1.29, 1.82) is 0 Å². The number of carboxylic acid groups (broad SMARTS) is 1. The largest absolute Gasteiger partial charge is 0.480 e. The molecule has 0 fully saturated rings. The van der Waals surface area contributed by atoms with E-state index < -0.39 is 17.9 Å². The molecule has 2 N–H and O–H groups in total. The molecule has 0 aliphatic heterocycles. The molecule has 1 heterocycles. The quantitative estimate of drug-likeness (QED) is 0.879. The smallest absolute Gasteiger partial charge is 0.326 e. The Labute approximate surface area is 137 Å². The van der Waals surface area contributed by atoms with Crippen molar-refractivity contribution in [3.05, 3.63) is 40.7 Å². The predicted molar refractivity (Wildman–Crippen MR) is 86.0 cm³/mol. The SMILES string of the molecule is Cc1nc(-c2ccc(F)cc2)sc1C(=O)N[C@H](C(=O)O)C(C)C. The molecular formula is C16H17FN2O3S. The molecule has 0 radical (unpaired) electrons. The number of aliphatic carboxylic acids is 1. The Morgan fingerprint density at radius 2 is 1.87 bits per heavy atom. The van der Waals surface area contributed by atoms with Crippen LogP contribution in [0.15, 0.2) is 24.3 Å². The van der Waals surface area contributed by atoms with Crippen LogP contribution in [0.4, 0.5) is 4.39 Å². The van der Waals surface area contributed by atoms with E-state index in [0.29, 0.717) is 21.1 Å². The number of aromatic nitrogens is 1. The highest BCUT2D eigenvalue weighted by Gasteiger charge is 2.26. The summed E-state index contributed by atoms with van der Waals surface area (Å²) >= 11 is 1.15. The molecule has 2 aromatic rings. The average molecular weight is 336 g/mol. The standard InChI is InChI=1S/C16H17FN2O3S/c1-8(2)12(16(21)22)19-14(20)13-9(3)18-15(23-13)10-4-6-11(17)7-5-10/h4-8,12H,1-3H3,(H,19,20)(H,21,22)/t12-/m0/s1. The van der Waals surface area contributed by atoms with Crippen LogP contribution in [0.3, 0.4) is 0 Å². The van der Waals surface area contributed by atoms with Crippen molar-refractivity contribution in [3.8, 4) is 10.6 Å². The lowest BCUT2D eigenvalue weighted by atomic mass is 10.0. The molecule has 1 amide bonds. The van der Waals surface area contributed by atoms with Gasteiger partial charge in [0.25, 0.3) is 5.91 Å². The molecule has 5 nitrogen and oxygen atoms in total. The van der Waals surface area contributed by atoms with E-state index in [9.17, 15) is 14.0 Å². The summed E-state index contributed by atoms with van der Waals surface area (Å²) < 4.78 is 13.0. The number of carbonyl (C=O) groups is 2. The fourth-order valence-corrected chi connectivity index (χ4v) is 3.02. The van der Waals surface area contributed by atoms with E-state index >= 15 is 0 Å². The number of carboxylic acids is 1. The van der Waals surface area contributed by atoms with Gasteiger partial charge < -0.3 is 10.4 Å². The van der Waals surface area contributed by atoms with Gasteiger partial charge in [-0.05, 0) is 37.1 Å². The van der Waals surface area contributed by atoms with Gasteiger partial charge >= 0.3 is 5.97 Å². The molecule has 1 atom stereocenters. The fraction of sp³-hybridized carbons (Fsp3) is 0.312. The number of hydrogen-bond donors (Lipinski definition) is 2. The second-order valence-corrected chi connectivity index (χ2v) is 6.47. The van der Waals surface area contributed by atoms with E-state index in [0.717, 1.165) is 11.3 Å². The second kappa shape index (κ2) is 6.87. The Bertz CT molecular complexity index is 725. The number of amides is 1. The second-order valence-electron chi connectivity index (χ2n) is 5.47. The van der Waals surface area contributed by atoms with Crippen LogP contribution in [0, 0.1) is 18.7 Å². The summed E-state index contributed by atoms with van der Waals surface area (Å²) in [7, 11) is 0. The maximum Gasteiger partial charge on any atom is 0.326 e. The molecule has 0 spiro atoms. The molecule has 1 aromatic heterocycles. The summed E-state index contributed by atoms with van der Waals surface area (Å²) in [6.07, 6.45) is 0. The van der Waals surface area contributed by atoms with Crippen molar-refractivity contribution in [2.75, 3.05) is 0 Å². The number of thiazole rings is 1. The first-order chi connectivity index (χ1) is 10.8. The molecule has 0 saturated carbocycles. The van der Waals surface area contributed by atoms with E-state index in [1.54, 1.807) is 32.9 Å². The van der Waals surface area contributed by atoms with Crippen molar-refractivity contribution in [2.24, 2.45) is 5.92 Å². The predicted octanol–water partition coefficient (Wildman–Crippen LogP) is 3.10. The molecule has 1 aromatic carbocycles. The molecule has 2 rings (SSSR count). The van der Waals surface area contributed by atoms with Crippen LogP contribution in [-0.2, 0) is 4.79 Å². The first kappa shape index (κ1) is 17.1. The van der Waals surface area contributed by atoms with Gasteiger partial charge in [-0.1, -0.05) is 13.8 Å². The summed E-state index contributed by atoms with van der Waals surface area (Å²) in [6.45, 7) is 5.13. The zero-order valence-corrected chi connectivity index (χ0v) is 13.8. The number of rotatable bonds is 5. The van der Waals surface area contributed by atoms with E-state index in [1.807, 2.05) is 0 Å². The van der Waals surface area contributed by atoms with Crippen LogP contribution in [0.25, 0.3) is 10.6 Å². The summed E-state index contributed by atoms with van der Waals surface area (Å²) in [5, 5.41) is 12.3. The van der Waals surface area contributed by atoms with Gasteiger partial charge in [0.15, 0.2) is 0 Å². The van der Waals surface area contributed by atoms with E-state index in [-0.39, 0.29) is 11.7 Å². The van der Waals surface area contributed by atoms with Crippen LogP contribution in [-0.4, -0.2) is 28.0 Å².